The van der Waals surface area contributed by atoms with Crippen molar-refractivity contribution in [1.82, 2.24) is 0 Å². The molecule has 0 heterocycles. The van der Waals surface area contributed by atoms with Crippen LogP contribution in [0.4, 0.5) is 17.6 Å². The molecular formula is C23H30F4O3. The molecule has 1 unspecified atom stereocenters. The van der Waals surface area contributed by atoms with Gasteiger partial charge >= 0.3 is 18.5 Å². The number of halogens is 4. The van der Waals surface area contributed by atoms with Crippen molar-refractivity contribution in [3.8, 4) is 11.5 Å². The van der Waals surface area contributed by atoms with E-state index in [-0.39, 0.29) is 23.4 Å². The zero-order valence-electron chi connectivity index (χ0n) is 17.3. The molecule has 2 saturated carbocycles. The highest BCUT2D eigenvalue weighted by molar-refractivity contribution is 5.75. The fourth-order valence-electron chi connectivity index (χ4n) is 4.87. The molecule has 2 aliphatic carbocycles. The van der Waals surface area contributed by atoms with Gasteiger partial charge in [-0.05, 0) is 80.5 Å². The van der Waals surface area contributed by atoms with Gasteiger partial charge in [0.2, 0.25) is 0 Å². The number of hydrogen-bond acceptors (Lipinski definition) is 3. The Morgan fingerprint density at radius 2 is 1.43 bits per heavy atom. The van der Waals surface area contributed by atoms with Crippen LogP contribution in [0.3, 0.4) is 0 Å². The normalized spacial score (nSPS) is 28.6. The average molecular weight is 430 g/mol. The number of hydrogen-bond donors (Lipinski definition) is 0. The van der Waals surface area contributed by atoms with Crippen molar-refractivity contribution in [2.45, 2.75) is 77.2 Å². The quantitative estimate of drug-likeness (QED) is 0.281. The van der Waals surface area contributed by atoms with Crippen LogP contribution < -0.4 is 9.47 Å². The van der Waals surface area contributed by atoms with Gasteiger partial charge in [-0.15, -0.1) is 0 Å². The van der Waals surface area contributed by atoms with E-state index in [0.29, 0.717) is 5.92 Å². The predicted molar refractivity (Wildman–Crippen MR) is 105 cm³/mol. The van der Waals surface area contributed by atoms with Gasteiger partial charge in [0.1, 0.15) is 11.5 Å². The van der Waals surface area contributed by atoms with E-state index in [1.165, 1.54) is 44.2 Å². The molecule has 0 amide bonds. The third-order valence-electron chi connectivity index (χ3n) is 6.78. The van der Waals surface area contributed by atoms with Crippen molar-refractivity contribution in [2.75, 3.05) is 0 Å². The van der Waals surface area contributed by atoms with Crippen LogP contribution in [0.5, 0.6) is 11.5 Å². The van der Waals surface area contributed by atoms with Gasteiger partial charge in [-0.2, -0.15) is 17.6 Å². The Kier molecular flexibility index (Phi) is 7.64. The highest BCUT2D eigenvalue weighted by Gasteiger charge is 2.42. The molecule has 1 aromatic carbocycles. The average Bonchev–Trinajstić information content (AvgIpc) is 2.74. The predicted octanol–water partition coefficient (Wildman–Crippen LogP) is 6.85. The summed E-state index contributed by atoms with van der Waals surface area (Å²) in [7, 11) is 0. The molecule has 0 N–H and O–H groups in total. The van der Waals surface area contributed by atoms with Crippen LogP contribution in [-0.4, -0.2) is 18.5 Å². The fraction of sp³-hybridized carbons (Fsp3) is 0.696. The molecule has 0 aliphatic heterocycles. The maximum Gasteiger partial charge on any atom is 0.457 e. The Morgan fingerprint density at radius 1 is 0.933 bits per heavy atom. The monoisotopic (exact) mass is 430 g/mol. The van der Waals surface area contributed by atoms with Crippen LogP contribution in [0.15, 0.2) is 24.3 Å². The molecule has 30 heavy (non-hydrogen) atoms. The van der Waals surface area contributed by atoms with Crippen LogP contribution >= 0.6 is 0 Å². The summed E-state index contributed by atoms with van der Waals surface area (Å²) in [6.07, 6.45) is 1.78. The van der Waals surface area contributed by atoms with Crippen molar-refractivity contribution < 1.29 is 31.8 Å². The molecule has 1 aromatic rings. The van der Waals surface area contributed by atoms with E-state index in [1.807, 2.05) is 0 Å². The number of benzene rings is 1. The summed E-state index contributed by atoms with van der Waals surface area (Å²) < 4.78 is 59.1. The van der Waals surface area contributed by atoms with Crippen molar-refractivity contribution >= 4 is 5.97 Å². The Balaban J connectivity index is 1.43. The molecule has 2 aliphatic rings. The van der Waals surface area contributed by atoms with Crippen LogP contribution in [-0.2, 0) is 4.79 Å². The van der Waals surface area contributed by atoms with E-state index in [1.54, 1.807) is 0 Å². The van der Waals surface area contributed by atoms with Gasteiger partial charge in [0.05, 0.1) is 5.92 Å². The summed E-state index contributed by atoms with van der Waals surface area (Å²) in [5.41, 5.74) is 0. The third-order valence-corrected chi connectivity index (χ3v) is 6.78. The SMILES string of the molecule is CC[C@H]1CC[C@H]([C@H]2CC[C@H](C(=O)Oc3ccc(OC(F)C(F)(F)F)cc3)CC2)CC1. The minimum Gasteiger partial charge on any atom is -0.452 e. The lowest BCUT2D eigenvalue weighted by molar-refractivity contribution is -0.236. The number of alkyl halides is 4. The lowest BCUT2D eigenvalue weighted by atomic mass is 9.69. The van der Waals surface area contributed by atoms with Crippen molar-refractivity contribution in [3.63, 3.8) is 0 Å². The summed E-state index contributed by atoms with van der Waals surface area (Å²) in [5.74, 6) is 1.85. The fourth-order valence-corrected chi connectivity index (χ4v) is 4.87. The van der Waals surface area contributed by atoms with Crippen LogP contribution in [0.2, 0.25) is 0 Å². The van der Waals surface area contributed by atoms with E-state index in [9.17, 15) is 22.4 Å². The van der Waals surface area contributed by atoms with Gasteiger partial charge in [-0.3, -0.25) is 4.79 Å². The first kappa shape index (κ1) is 22.9. The number of ether oxygens (including phenoxy) is 2. The minimum atomic E-state index is -5.08. The maximum atomic E-state index is 12.9. The van der Waals surface area contributed by atoms with Crippen molar-refractivity contribution in [3.05, 3.63) is 24.3 Å². The lowest BCUT2D eigenvalue weighted by Gasteiger charge is -2.37. The second-order valence-electron chi connectivity index (χ2n) is 8.67. The molecule has 1 atom stereocenters. The zero-order valence-corrected chi connectivity index (χ0v) is 17.3. The zero-order chi connectivity index (χ0) is 21.7. The number of esters is 1. The van der Waals surface area contributed by atoms with Crippen LogP contribution in [0, 0.1) is 23.7 Å². The molecule has 0 aromatic heterocycles. The number of carbonyl (C=O) groups excluding carboxylic acids is 1. The summed E-state index contributed by atoms with van der Waals surface area (Å²) >= 11 is 0. The summed E-state index contributed by atoms with van der Waals surface area (Å²) in [4.78, 5) is 12.5. The molecule has 0 radical (unpaired) electrons. The highest BCUT2D eigenvalue weighted by atomic mass is 19.4. The second-order valence-corrected chi connectivity index (χ2v) is 8.67. The molecule has 3 rings (SSSR count). The Labute approximate surface area is 175 Å². The van der Waals surface area contributed by atoms with E-state index in [0.717, 1.165) is 49.7 Å². The standard InChI is InChI=1S/C23H30F4O3/c1-2-15-3-5-16(6-4-15)17-7-9-18(10-8-17)21(28)29-19-11-13-20(14-12-19)30-22(24)23(25,26)27/h11-18,22H,2-10H2,1H3/t15-,16-,17-,18-,22?. The lowest BCUT2D eigenvalue weighted by Crippen LogP contribution is -2.30. The third kappa shape index (κ3) is 6.11. The molecule has 0 spiro atoms. The highest BCUT2D eigenvalue weighted by Crippen LogP contribution is 2.42. The van der Waals surface area contributed by atoms with E-state index in [2.05, 4.69) is 11.7 Å². The first-order valence-electron chi connectivity index (χ1n) is 11.0. The molecule has 7 heteroatoms. The first-order valence-corrected chi connectivity index (χ1v) is 11.0. The summed E-state index contributed by atoms with van der Waals surface area (Å²) in [6, 6.07) is 4.94. The maximum absolute atomic E-state index is 12.9. The molecule has 0 bridgehead atoms. The Morgan fingerprint density at radius 3 is 1.93 bits per heavy atom. The summed E-state index contributed by atoms with van der Waals surface area (Å²) in [6.45, 7) is 2.27. The van der Waals surface area contributed by atoms with Gasteiger partial charge < -0.3 is 9.47 Å². The van der Waals surface area contributed by atoms with Gasteiger partial charge in [0, 0.05) is 0 Å². The number of rotatable bonds is 6. The Bertz CT molecular complexity index is 673. The van der Waals surface area contributed by atoms with Crippen LogP contribution in [0.25, 0.3) is 0 Å². The molecule has 0 saturated heterocycles. The minimum absolute atomic E-state index is 0.149. The van der Waals surface area contributed by atoms with E-state index < -0.39 is 12.5 Å². The summed E-state index contributed by atoms with van der Waals surface area (Å²) in [5, 5.41) is 0. The molecule has 168 valence electrons. The Hall–Kier alpha value is -1.79. The van der Waals surface area contributed by atoms with Gasteiger partial charge in [-0.1, -0.05) is 26.2 Å². The van der Waals surface area contributed by atoms with E-state index in [4.69, 9.17) is 4.74 Å². The second kappa shape index (κ2) is 10.0. The molecule has 2 fully saturated rings. The van der Waals surface area contributed by atoms with E-state index >= 15 is 0 Å². The largest absolute Gasteiger partial charge is 0.457 e. The van der Waals surface area contributed by atoms with Crippen molar-refractivity contribution in [2.24, 2.45) is 23.7 Å². The topological polar surface area (TPSA) is 35.5 Å². The van der Waals surface area contributed by atoms with Crippen LogP contribution in [0.1, 0.15) is 64.7 Å². The number of carbonyl (C=O) groups is 1. The van der Waals surface area contributed by atoms with Gasteiger partial charge in [0.15, 0.2) is 0 Å². The van der Waals surface area contributed by atoms with Gasteiger partial charge in [-0.25, -0.2) is 0 Å². The van der Waals surface area contributed by atoms with Crippen molar-refractivity contribution in [1.29, 1.82) is 0 Å². The first-order chi connectivity index (χ1) is 14.3. The van der Waals surface area contributed by atoms with Gasteiger partial charge in [0.25, 0.3) is 0 Å². The smallest absolute Gasteiger partial charge is 0.452 e. The molecular weight excluding hydrogens is 400 g/mol. The molecule has 3 nitrogen and oxygen atoms in total.